The van der Waals surface area contributed by atoms with Crippen LogP contribution in [-0.4, -0.2) is 22.7 Å². The van der Waals surface area contributed by atoms with Gasteiger partial charge in [0.25, 0.3) is 0 Å². The lowest BCUT2D eigenvalue weighted by Gasteiger charge is -2.30. The van der Waals surface area contributed by atoms with Gasteiger partial charge in [0.2, 0.25) is 5.89 Å². The van der Waals surface area contributed by atoms with E-state index in [-0.39, 0.29) is 5.41 Å². The molecule has 3 atom stereocenters. The number of aromatic nitrogens is 2. The second kappa shape index (κ2) is 5.61. The summed E-state index contributed by atoms with van der Waals surface area (Å²) >= 11 is 0. The third-order valence-electron chi connectivity index (χ3n) is 3.99. The minimum Gasteiger partial charge on any atom is -0.339 e. The van der Waals surface area contributed by atoms with Crippen molar-refractivity contribution in [2.24, 2.45) is 11.3 Å². The summed E-state index contributed by atoms with van der Waals surface area (Å²) in [5.41, 5.74) is 0.191. The van der Waals surface area contributed by atoms with Crippen molar-refractivity contribution < 1.29 is 4.52 Å². The minimum absolute atomic E-state index is 0.191. The van der Waals surface area contributed by atoms with Crippen molar-refractivity contribution in [2.75, 3.05) is 6.54 Å². The monoisotopic (exact) mass is 265 g/mol. The second-order valence-electron chi connectivity index (χ2n) is 6.94. The van der Waals surface area contributed by atoms with Crippen molar-refractivity contribution in [3.05, 3.63) is 11.7 Å². The first kappa shape index (κ1) is 14.5. The molecule has 0 saturated heterocycles. The van der Waals surface area contributed by atoms with Gasteiger partial charge in [0.1, 0.15) is 0 Å². The van der Waals surface area contributed by atoms with Gasteiger partial charge in [0.15, 0.2) is 5.82 Å². The summed E-state index contributed by atoms with van der Waals surface area (Å²) in [5.74, 6) is 2.94. The fourth-order valence-electron chi connectivity index (χ4n) is 2.36. The van der Waals surface area contributed by atoms with Gasteiger partial charge in [-0.1, -0.05) is 39.8 Å². The molecule has 0 amide bonds. The molecule has 3 unspecified atom stereocenters. The molecule has 1 aromatic heterocycles. The lowest BCUT2D eigenvalue weighted by Crippen LogP contribution is -2.42. The Hall–Kier alpha value is -0.900. The molecular formula is C15H27N3O. The summed E-state index contributed by atoms with van der Waals surface area (Å²) in [6, 6.07) is 0.373. The number of hydrogen-bond donors (Lipinski definition) is 1. The van der Waals surface area contributed by atoms with E-state index in [0.29, 0.717) is 12.0 Å². The molecule has 0 bridgehead atoms. The number of nitrogens with zero attached hydrogens (tertiary/aromatic N) is 2. The molecule has 19 heavy (non-hydrogen) atoms. The highest BCUT2D eigenvalue weighted by atomic mass is 16.5. The van der Waals surface area contributed by atoms with Gasteiger partial charge in [0.05, 0.1) is 0 Å². The highest BCUT2D eigenvalue weighted by Gasteiger charge is 2.38. The van der Waals surface area contributed by atoms with Crippen LogP contribution in [0.25, 0.3) is 0 Å². The van der Waals surface area contributed by atoms with Gasteiger partial charge in [-0.25, -0.2) is 0 Å². The van der Waals surface area contributed by atoms with Crippen LogP contribution < -0.4 is 5.32 Å². The second-order valence-corrected chi connectivity index (χ2v) is 6.94. The van der Waals surface area contributed by atoms with E-state index in [4.69, 9.17) is 4.52 Å². The molecule has 1 N–H and O–H groups in total. The van der Waals surface area contributed by atoms with Crippen molar-refractivity contribution in [1.82, 2.24) is 15.5 Å². The molecule has 2 rings (SSSR count). The van der Waals surface area contributed by atoms with Gasteiger partial charge in [-0.05, 0) is 30.7 Å². The Bertz CT molecular complexity index is 408. The molecule has 1 aliphatic carbocycles. The molecule has 4 heteroatoms. The summed E-state index contributed by atoms with van der Waals surface area (Å²) in [5, 5.41) is 7.72. The third-order valence-corrected chi connectivity index (χ3v) is 3.99. The van der Waals surface area contributed by atoms with Crippen LogP contribution in [0.3, 0.4) is 0 Å². The molecule has 1 heterocycles. The van der Waals surface area contributed by atoms with Crippen LogP contribution in [0.15, 0.2) is 4.52 Å². The summed E-state index contributed by atoms with van der Waals surface area (Å²) < 4.78 is 5.42. The van der Waals surface area contributed by atoms with Crippen molar-refractivity contribution in [3.8, 4) is 0 Å². The van der Waals surface area contributed by atoms with Crippen molar-refractivity contribution in [2.45, 2.75) is 65.8 Å². The van der Waals surface area contributed by atoms with E-state index in [1.807, 2.05) is 0 Å². The van der Waals surface area contributed by atoms with Gasteiger partial charge < -0.3 is 9.84 Å². The third kappa shape index (κ3) is 3.78. The van der Waals surface area contributed by atoms with E-state index in [1.165, 1.54) is 6.42 Å². The molecule has 108 valence electrons. The maximum absolute atomic E-state index is 5.42. The van der Waals surface area contributed by atoms with E-state index in [2.05, 4.69) is 50.1 Å². The SMILES string of the molecule is CCCNC(Cc1nc(C2CC2C)no1)C(C)(C)C. The zero-order valence-electron chi connectivity index (χ0n) is 12.9. The van der Waals surface area contributed by atoms with Gasteiger partial charge >= 0.3 is 0 Å². The average molecular weight is 265 g/mol. The Kier molecular flexibility index (Phi) is 4.29. The lowest BCUT2D eigenvalue weighted by molar-refractivity contribution is 0.244. The van der Waals surface area contributed by atoms with Gasteiger partial charge in [-0.15, -0.1) is 0 Å². The first-order valence-corrected chi connectivity index (χ1v) is 7.47. The maximum atomic E-state index is 5.42. The molecule has 1 saturated carbocycles. The van der Waals surface area contributed by atoms with E-state index in [0.717, 1.165) is 37.0 Å². The smallest absolute Gasteiger partial charge is 0.228 e. The van der Waals surface area contributed by atoms with Crippen LogP contribution in [0.5, 0.6) is 0 Å². The molecule has 1 aromatic rings. The Morgan fingerprint density at radius 3 is 2.63 bits per heavy atom. The van der Waals surface area contributed by atoms with Crippen LogP contribution in [0.4, 0.5) is 0 Å². The van der Waals surface area contributed by atoms with E-state index < -0.39 is 0 Å². The van der Waals surface area contributed by atoms with Crippen LogP contribution >= 0.6 is 0 Å². The standard InChI is InChI=1S/C15H27N3O/c1-6-7-16-12(15(3,4)5)9-13-17-14(18-19-13)11-8-10(11)2/h10-12,16H,6-9H2,1-5H3. The van der Waals surface area contributed by atoms with Crippen molar-refractivity contribution in [3.63, 3.8) is 0 Å². The fraction of sp³-hybridized carbons (Fsp3) is 0.867. The van der Waals surface area contributed by atoms with E-state index >= 15 is 0 Å². The van der Waals surface area contributed by atoms with E-state index in [1.54, 1.807) is 0 Å². The first-order chi connectivity index (χ1) is 8.91. The summed E-state index contributed by atoms with van der Waals surface area (Å²) in [6.07, 6.45) is 3.16. The molecule has 4 nitrogen and oxygen atoms in total. The molecule has 0 spiro atoms. The summed E-state index contributed by atoms with van der Waals surface area (Å²) in [7, 11) is 0. The summed E-state index contributed by atoms with van der Waals surface area (Å²) in [6.45, 7) is 12.2. The van der Waals surface area contributed by atoms with Gasteiger partial charge in [-0.2, -0.15) is 4.98 Å². The molecule has 0 aromatic carbocycles. The highest BCUT2D eigenvalue weighted by molar-refractivity contribution is 5.08. The molecule has 1 fully saturated rings. The Morgan fingerprint density at radius 1 is 1.42 bits per heavy atom. The predicted molar refractivity (Wildman–Crippen MR) is 76.1 cm³/mol. The van der Waals surface area contributed by atoms with Crippen molar-refractivity contribution in [1.29, 1.82) is 0 Å². The average Bonchev–Trinajstić information content (AvgIpc) is 2.88. The maximum Gasteiger partial charge on any atom is 0.228 e. The van der Waals surface area contributed by atoms with Crippen LogP contribution in [0, 0.1) is 11.3 Å². The Balaban J connectivity index is 1.98. The van der Waals surface area contributed by atoms with Crippen LogP contribution in [0.2, 0.25) is 0 Å². The van der Waals surface area contributed by atoms with Crippen LogP contribution in [-0.2, 0) is 6.42 Å². The topological polar surface area (TPSA) is 51.0 Å². The minimum atomic E-state index is 0.191. The number of hydrogen-bond acceptors (Lipinski definition) is 4. The largest absolute Gasteiger partial charge is 0.339 e. The fourth-order valence-corrected chi connectivity index (χ4v) is 2.36. The van der Waals surface area contributed by atoms with Crippen molar-refractivity contribution >= 4 is 0 Å². The Labute approximate surface area is 116 Å². The number of nitrogens with one attached hydrogen (secondary N) is 1. The normalized spacial score (nSPS) is 24.5. The van der Waals surface area contributed by atoms with Crippen LogP contribution in [0.1, 0.15) is 65.1 Å². The Morgan fingerprint density at radius 2 is 2.11 bits per heavy atom. The highest BCUT2D eigenvalue weighted by Crippen LogP contribution is 2.45. The molecular weight excluding hydrogens is 238 g/mol. The van der Waals surface area contributed by atoms with E-state index in [9.17, 15) is 0 Å². The quantitative estimate of drug-likeness (QED) is 0.858. The molecule has 0 radical (unpaired) electrons. The van der Waals surface area contributed by atoms with Gasteiger partial charge in [-0.3, -0.25) is 0 Å². The molecule has 0 aliphatic heterocycles. The number of rotatable bonds is 6. The zero-order valence-corrected chi connectivity index (χ0v) is 12.9. The first-order valence-electron chi connectivity index (χ1n) is 7.47. The lowest BCUT2D eigenvalue weighted by atomic mass is 9.84. The molecule has 1 aliphatic rings. The zero-order chi connectivity index (χ0) is 14.0. The summed E-state index contributed by atoms with van der Waals surface area (Å²) in [4.78, 5) is 4.57. The van der Waals surface area contributed by atoms with Gasteiger partial charge in [0, 0.05) is 18.4 Å². The predicted octanol–water partition coefficient (Wildman–Crippen LogP) is 3.15.